The molecular weight excluding hydrogens is 524 g/mol. The van der Waals surface area contributed by atoms with Crippen LogP contribution in [0.5, 0.6) is 5.75 Å². The van der Waals surface area contributed by atoms with E-state index < -0.39 is 12.1 Å². The molecule has 3 unspecified atom stereocenters. The molecule has 0 aliphatic heterocycles. The highest BCUT2D eigenvalue weighted by atomic mass is 16.5. The number of hydrogen-bond donors (Lipinski definition) is 1. The number of carbonyl (C=O) groups is 1. The van der Waals surface area contributed by atoms with Gasteiger partial charge < -0.3 is 19.3 Å². The van der Waals surface area contributed by atoms with Gasteiger partial charge in [-0.05, 0) is 64.9 Å². The van der Waals surface area contributed by atoms with Crippen LogP contribution in [0.1, 0.15) is 70.4 Å². The summed E-state index contributed by atoms with van der Waals surface area (Å²) < 4.78 is 17.9. The molecule has 0 saturated heterocycles. The van der Waals surface area contributed by atoms with E-state index in [2.05, 4.69) is 92.7 Å². The largest absolute Gasteiger partial charge is 0.491 e. The van der Waals surface area contributed by atoms with Crippen molar-refractivity contribution in [3.05, 3.63) is 136 Å². The zero-order valence-electron chi connectivity index (χ0n) is 24.5. The van der Waals surface area contributed by atoms with Gasteiger partial charge in [0, 0.05) is 18.9 Å². The second-order valence-electron chi connectivity index (χ2n) is 10.7. The average molecular weight is 563 g/mol. The van der Waals surface area contributed by atoms with E-state index in [9.17, 15) is 9.90 Å². The summed E-state index contributed by atoms with van der Waals surface area (Å²) in [5, 5.41) is 9.34. The van der Waals surface area contributed by atoms with Crippen molar-refractivity contribution in [2.24, 2.45) is 0 Å². The van der Waals surface area contributed by atoms with Crippen LogP contribution in [0.3, 0.4) is 0 Å². The fraction of sp³-hybridized carbons (Fsp3) is 0.270. The van der Waals surface area contributed by atoms with E-state index in [1.807, 2.05) is 24.3 Å². The molecule has 0 aromatic heterocycles. The first kappa shape index (κ1) is 29.3. The molecule has 5 rings (SSSR count). The molecule has 0 amide bonds. The minimum Gasteiger partial charge on any atom is -0.491 e. The lowest BCUT2D eigenvalue weighted by molar-refractivity contribution is -0.149. The molecule has 42 heavy (non-hydrogen) atoms. The van der Waals surface area contributed by atoms with Crippen molar-refractivity contribution in [3.63, 3.8) is 0 Å². The molecule has 1 aliphatic carbocycles. The third-order valence-electron chi connectivity index (χ3n) is 7.78. The van der Waals surface area contributed by atoms with Crippen LogP contribution in [0.15, 0.2) is 91.0 Å². The number of fused-ring (bicyclic) bond motifs is 2. The SMILES string of the molecule is CCOC(Cc1ccc(OCCOC2c3ccc(C)cc3C=Cc3cc(C(C)c4ccccc4)ccc32)cc1)C(=O)O. The number of aryl methyl sites for hydroxylation is 1. The Labute approximate surface area is 248 Å². The van der Waals surface area contributed by atoms with Gasteiger partial charge in [-0.15, -0.1) is 0 Å². The Kier molecular flexibility index (Phi) is 9.52. The van der Waals surface area contributed by atoms with Crippen LogP contribution >= 0.6 is 0 Å². The zero-order valence-corrected chi connectivity index (χ0v) is 24.5. The van der Waals surface area contributed by atoms with Gasteiger partial charge in [-0.3, -0.25) is 0 Å². The van der Waals surface area contributed by atoms with Crippen LogP contribution in [0.4, 0.5) is 0 Å². The summed E-state index contributed by atoms with van der Waals surface area (Å²) in [5.41, 5.74) is 9.28. The third kappa shape index (κ3) is 6.99. The van der Waals surface area contributed by atoms with Crippen molar-refractivity contribution < 1.29 is 24.1 Å². The summed E-state index contributed by atoms with van der Waals surface area (Å²) in [7, 11) is 0. The smallest absolute Gasteiger partial charge is 0.333 e. The second-order valence-corrected chi connectivity index (χ2v) is 10.7. The molecule has 216 valence electrons. The minimum absolute atomic E-state index is 0.218. The van der Waals surface area contributed by atoms with Gasteiger partial charge in [-0.2, -0.15) is 0 Å². The predicted molar refractivity (Wildman–Crippen MR) is 167 cm³/mol. The van der Waals surface area contributed by atoms with Crippen LogP contribution in [0, 0.1) is 6.92 Å². The van der Waals surface area contributed by atoms with Crippen molar-refractivity contribution in [3.8, 4) is 5.75 Å². The van der Waals surface area contributed by atoms with Gasteiger partial charge >= 0.3 is 5.97 Å². The van der Waals surface area contributed by atoms with Gasteiger partial charge in [-0.25, -0.2) is 4.79 Å². The normalized spacial score (nSPS) is 15.3. The Morgan fingerprint density at radius 2 is 1.52 bits per heavy atom. The fourth-order valence-corrected chi connectivity index (χ4v) is 5.46. The summed E-state index contributed by atoms with van der Waals surface area (Å²) in [6.07, 6.45) is 3.64. The lowest BCUT2D eigenvalue weighted by atomic mass is 9.89. The fourth-order valence-electron chi connectivity index (χ4n) is 5.46. The molecule has 4 aromatic carbocycles. The van der Waals surface area contributed by atoms with Crippen LogP contribution in [0.25, 0.3) is 12.2 Å². The molecule has 0 fully saturated rings. The molecule has 0 spiro atoms. The number of rotatable bonds is 12. The Morgan fingerprint density at radius 1 is 0.833 bits per heavy atom. The first-order valence-electron chi connectivity index (χ1n) is 14.6. The molecule has 3 atom stereocenters. The van der Waals surface area contributed by atoms with Crippen molar-refractivity contribution in [1.82, 2.24) is 0 Å². The highest BCUT2D eigenvalue weighted by Crippen LogP contribution is 2.38. The van der Waals surface area contributed by atoms with E-state index in [0.717, 1.165) is 27.8 Å². The Morgan fingerprint density at radius 3 is 2.21 bits per heavy atom. The third-order valence-corrected chi connectivity index (χ3v) is 7.78. The highest BCUT2D eigenvalue weighted by molar-refractivity contribution is 5.77. The van der Waals surface area contributed by atoms with Crippen LogP contribution < -0.4 is 4.74 Å². The van der Waals surface area contributed by atoms with E-state index >= 15 is 0 Å². The second kappa shape index (κ2) is 13.6. The topological polar surface area (TPSA) is 65.0 Å². The van der Waals surface area contributed by atoms with Crippen molar-refractivity contribution in [2.45, 2.75) is 45.3 Å². The number of carboxylic acid groups (broad SMARTS) is 1. The number of ether oxygens (including phenoxy) is 3. The molecule has 5 nitrogen and oxygen atoms in total. The number of carboxylic acids is 1. The molecule has 0 radical (unpaired) electrons. The van der Waals surface area contributed by atoms with Crippen LogP contribution in [-0.2, 0) is 20.7 Å². The van der Waals surface area contributed by atoms with Crippen molar-refractivity contribution >= 4 is 18.1 Å². The average Bonchev–Trinajstić information content (AvgIpc) is 3.15. The highest BCUT2D eigenvalue weighted by Gasteiger charge is 2.24. The lowest BCUT2D eigenvalue weighted by Crippen LogP contribution is -2.26. The summed E-state index contributed by atoms with van der Waals surface area (Å²) in [4.78, 5) is 11.4. The molecule has 0 bridgehead atoms. The standard InChI is InChI=1S/C37H38O5/c1-4-40-35(37(38)39)23-27-11-16-32(17-12-27)41-20-21-42-36-33-18-10-25(2)22-30(33)13-14-31-24-29(15-19-34(31)36)26(3)28-8-6-5-7-9-28/h5-19,22,24,26,35-36H,4,20-21,23H2,1-3H3,(H,38,39). The van der Waals surface area contributed by atoms with Crippen molar-refractivity contribution in [1.29, 1.82) is 0 Å². The van der Waals surface area contributed by atoms with E-state index in [1.54, 1.807) is 6.92 Å². The quantitative estimate of drug-likeness (QED) is 0.178. The first-order valence-corrected chi connectivity index (χ1v) is 14.6. The van der Waals surface area contributed by atoms with Crippen LogP contribution in [0.2, 0.25) is 0 Å². The van der Waals surface area contributed by atoms with E-state index in [1.165, 1.54) is 16.7 Å². The van der Waals surface area contributed by atoms with Gasteiger partial charge in [0.15, 0.2) is 6.10 Å². The van der Waals surface area contributed by atoms with E-state index in [4.69, 9.17) is 14.2 Å². The number of aliphatic carboxylic acids is 1. The molecule has 1 N–H and O–H groups in total. The maximum absolute atomic E-state index is 11.4. The lowest BCUT2D eigenvalue weighted by Gasteiger charge is -2.23. The molecular formula is C37H38O5. The predicted octanol–water partition coefficient (Wildman–Crippen LogP) is 7.85. The zero-order chi connectivity index (χ0) is 29.5. The summed E-state index contributed by atoms with van der Waals surface area (Å²) in [6.45, 7) is 7.31. The van der Waals surface area contributed by atoms with Gasteiger partial charge in [0.2, 0.25) is 0 Å². The van der Waals surface area contributed by atoms with Gasteiger partial charge in [0.25, 0.3) is 0 Å². The van der Waals surface area contributed by atoms with Crippen LogP contribution in [-0.4, -0.2) is 37.0 Å². The number of hydrogen-bond acceptors (Lipinski definition) is 4. The van der Waals surface area contributed by atoms with E-state index in [-0.39, 0.29) is 12.0 Å². The summed E-state index contributed by atoms with van der Waals surface area (Å²) >= 11 is 0. The van der Waals surface area contributed by atoms with Gasteiger partial charge in [-0.1, -0.05) is 104 Å². The Hall–Kier alpha value is -4.19. The maximum atomic E-state index is 11.4. The minimum atomic E-state index is -0.955. The summed E-state index contributed by atoms with van der Waals surface area (Å²) in [5.74, 6) is 0.0403. The maximum Gasteiger partial charge on any atom is 0.333 e. The first-order chi connectivity index (χ1) is 20.4. The van der Waals surface area contributed by atoms with Crippen molar-refractivity contribution in [2.75, 3.05) is 19.8 Å². The van der Waals surface area contributed by atoms with Gasteiger partial charge in [0.05, 0.1) is 6.61 Å². The number of benzene rings is 4. The van der Waals surface area contributed by atoms with Gasteiger partial charge in [0.1, 0.15) is 18.5 Å². The Balaban J connectivity index is 1.28. The molecule has 5 heteroatoms. The molecule has 0 saturated carbocycles. The Bertz CT molecular complexity index is 1520. The van der Waals surface area contributed by atoms with E-state index in [0.29, 0.717) is 32.0 Å². The monoisotopic (exact) mass is 562 g/mol. The molecule has 0 heterocycles. The molecule has 1 aliphatic rings. The molecule has 4 aromatic rings. The summed E-state index contributed by atoms with van der Waals surface area (Å²) in [6, 6.07) is 31.3.